The second-order valence-electron chi connectivity index (χ2n) is 12.1. The summed E-state index contributed by atoms with van der Waals surface area (Å²) in [6.07, 6.45) is 9.10. The summed E-state index contributed by atoms with van der Waals surface area (Å²) in [6, 6.07) is 52.9. The van der Waals surface area contributed by atoms with Crippen LogP contribution in [0.25, 0.3) is 54.9 Å². The lowest BCUT2D eigenvalue weighted by Gasteiger charge is -2.22. The molecule has 7 aromatic rings. The van der Waals surface area contributed by atoms with Gasteiger partial charge in [-0.15, -0.1) is 11.8 Å². The molecule has 1 aliphatic carbocycles. The lowest BCUT2D eigenvalue weighted by molar-refractivity contribution is 0.883. The van der Waals surface area contributed by atoms with Crippen molar-refractivity contribution in [1.29, 1.82) is 0 Å². The van der Waals surface area contributed by atoms with E-state index in [1.54, 1.807) is 0 Å². The van der Waals surface area contributed by atoms with Crippen molar-refractivity contribution in [2.24, 2.45) is 0 Å². The minimum atomic E-state index is 0.345. The van der Waals surface area contributed by atoms with E-state index in [4.69, 9.17) is 0 Å². The van der Waals surface area contributed by atoms with Crippen molar-refractivity contribution in [2.75, 3.05) is 5.32 Å². The summed E-state index contributed by atoms with van der Waals surface area (Å²) >= 11 is 1.97. The van der Waals surface area contributed by atoms with E-state index in [1.165, 1.54) is 71.1 Å². The van der Waals surface area contributed by atoms with E-state index < -0.39 is 0 Å². The molecule has 218 valence electrons. The van der Waals surface area contributed by atoms with Crippen LogP contribution >= 0.6 is 11.8 Å². The average molecular weight is 606 g/mol. The van der Waals surface area contributed by atoms with Gasteiger partial charge in [-0.25, -0.2) is 0 Å². The van der Waals surface area contributed by atoms with Gasteiger partial charge in [0, 0.05) is 27.3 Å². The molecule has 1 N–H and O–H groups in total. The highest BCUT2D eigenvalue weighted by atomic mass is 32.2. The van der Waals surface area contributed by atoms with Crippen LogP contribution in [0.5, 0.6) is 0 Å². The molecule has 2 unspecified atom stereocenters. The molecule has 7 aromatic carbocycles. The fraction of sp³-hybridized carbons (Fsp3) is 0.0455. The molecule has 0 aromatic heterocycles. The zero-order valence-corrected chi connectivity index (χ0v) is 26.0. The third-order valence-corrected chi connectivity index (χ3v) is 10.7. The topological polar surface area (TPSA) is 12.0 Å². The largest absolute Gasteiger partial charge is 0.355 e. The summed E-state index contributed by atoms with van der Waals surface area (Å²) in [7, 11) is 0. The summed E-state index contributed by atoms with van der Waals surface area (Å²) < 4.78 is 0. The Morgan fingerprint density at radius 3 is 1.72 bits per heavy atom. The third-order valence-electron chi connectivity index (χ3n) is 9.39. The molecule has 0 bridgehead atoms. The molecular weight excluding hydrogens is 575 g/mol. The summed E-state index contributed by atoms with van der Waals surface area (Å²) in [5, 5.41) is 9.48. The van der Waals surface area contributed by atoms with E-state index in [0.717, 1.165) is 5.69 Å². The number of thioether (sulfide) groups is 1. The highest BCUT2D eigenvalue weighted by Crippen LogP contribution is 2.54. The summed E-state index contributed by atoms with van der Waals surface area (Å²) in [5.74, 6) is 0.345. The molecule has 1 nitrogen and oxygen atoms in total. The first-order valence-electron chi connectivity index (χ1n) is 15.9. The van der Waals surface area contributed by atoms with Gasteiger partial charge in [0.05, 0.1) is 5.69 Å². The SMILES string of the molecule is C1=CC2Sc3ccc(-c4ccccc4)c(Nc4cccc(-c5c6ccccc6c(-c6ccccc6)c6ccccc56)c4)c3C2C=C1. The Morgan fingerprint density at radius 1 is 0.478 bits per heavy atom. The van der Waals surface area contributed by atoms with Crippen molar-refractivity contribution in [2.45, 2.75) is 16.1 Å². The van der Waals surface area contributed by atoms with Gasteiger partial charge in [0.15, 0.2) is 0 Å². The van der Waals surface area contributed by atoms with Gasteiger partial charge in [-0.3, -0.25) is 0 Å². The molecule has 0 amide bonds. The second kappa shape index (κ2) is 11.2. The number of nitrogens with one attached hydrogen (secondary N) is 1. The van der Waals surface area contributed by atoms with Gasteiger partial charge in [-0.05, 0) is 73.1 Å². The number of hydrogen-bond donors (Lipinski definition) is 1. The van der Waals surface area contributed by atoms with E-state index in [-0.39, 0.29) is 0 Å². The number of fused-ring (bicyclic) bond motifs is 5. The molecule has 1 heterocycles. The van der Waals surface area contributed by atoms with Crippen LogP contribution in [-0.2, 0) is 0 Å². The number of benzene rings is 7. The van der Waals surface area contributed by atoms with Gasteiger partial charge in [-0.2, -0.15) is 0 Å². The molecule has 2 heteroatoms. The van der Waals surface area contributed by atoms with Crippen LogP contribution in [0, 0.1) is 0 Å². The van der Waals surface area contributed by atoms with Gasteiger partial charge in [0.1, 0.15) is 0 Å². The van der Waals surface area contributed by atoms with Crippen LogP contribution in [0.3, 0.4) is 0 Å². The maximum Gasteiger partial charge on any atom is 0.0514 e. The Labute approximate surface area is 273 Å². The molecule has 2 aliphatic rings. The Morgan fingerprint density at radius 2 is 1.04 bits per heavy atom. The number of hydrogen-bond acceptors (Lipinski definition) is 2. The van der Waals surface area contributed by atoms with Gasteiger partial charge >= 0.3 is 0 Å². The molecule has 1 aliphatic heterocycles. The van der Waals surface area contributed by atoms with E-state index in [0.29, 0.717) is 11.2 Å². The standard InChI is InChI=1S/C44H31NS/c1-3-14-29(15-4-1)33-26-27-40-43(38-24-11-12-25-39(38)46-40)44(33)45-32-19-13-18-31(28-32)42-36-22-9-7-20-34(36)41(30-16-5-2-6-17-30)35-21-8-10-23-37(35)42/h1-28,38-39,45H. The summed E-state index contributed by atoms with van der Waals surface area (Å²) in [6.45, 7) is 0. The van der Waals surface area contributed by atoms with Gasteiger partial charge in [0.2, 0.25) is 0 Å². The van der Waals surface area contributed by atoms with Crippen LogP contribution in [0.2, 0.25) is 0 Å². The molecule has 9 rings (SSSR count). The third kappa shape index (κ3) is 4.49. The molecule has 0 radical (unpaired) electrons. The van der Waals surface area contributed by atoms with Gasteiger partial charge in [-0.1, -0.05) is 152 Å². The van der Waals surface area contributed by atoms with Crippen LogP contribution in [0.1, 0.15) is 11.5 Å². The van der Waals surface area contributed by atoms with Crippen LogP contribution in [0.15, 0.2) is 175 Å². The average Bonchev–Trinajstić information content (AvgIpc) is 3.51. The van der Waals surface area contributed by atoms with Crippen molar-refractivity contribution >= 4 is 44.7 Å². The molecule has 2 atom stereocenters. The summed E-state index contributed by atoms with van der Waals surface area (Å²) in [5.41, 5.74) is 11.2. The monoisotopic (exact) mass is 605 g/mol. The van der Waals surface area contributed by atoms with Crippen LogP contribution in [0.4, 0.5) is 11.4 Å². The molecule has 0 saturated carbocycles. The van der Waals surface area contributed by atoms with E-state index >= 15 is 0 Å². The Bertz CT molecular complexity index is 2260. The lowest BCUT2D eigenvalue weighted by Crippen LogP contribution is -2.09. The smallest absolute Gasteiger partial charge is 0.0514 e. The lowest BCUT2D eigenvalue weighted by atomic mass is 9.86. The van der Waals surface area contributed by atoms with E-state index in [2.05, 4.69) is 175 Å². The summed E-state index contributed by atoms with van der Waals surface area (Å²) in [4.78, 5) is 1.36. The van der Waals surface area contributed by atoms with E-state index in [9.17, 15) is 0 Å². The number of allylic oxidation sites excluding steroid dienone is 3. The number of anilines is 2. The predicted octanol–water partition coefficient (Wildman–Crippen LogP) is 12.4. The fourth-order valence-corrected chi connectivity index (χ4v) is 8.73. The first kappa shape index (κ1) is 27.0. The van der Waals surface area contributed by atoms with E-state index in [1.807, 2.05) is 11.8 Å². The quantitative estimate of drug-likeness (QED) is 0.196. The molecule has 46 heavy (non-hydrogen) atoms. The minimum Gasteiger partial charge on any atom is -0.355 e. The normalized spacial score (nSPS) is 16.4. The second-order valence-corrected chi connectivity index (χ2v) is 13.3. The van der Waals surface area contributed by atoms with Crippen LogP contribution < -0.4 is 5.32 Å². The highest BCUT2D eigenvalue weighted by molar-refractivity contribution is 8.00. The minimum absolute atomic E-state index is 0.345. The van der Waals surface area contributed by atoms with Crippen LogP contribution in [-0.4, -0.2) is 5.25 Å². The maximum absolute atomic E-state index is 3.98. The maximum atomic E-state index is 3.98. The molecular formula is C44H31NS. The number of rotatable bonds is 5. The van der Waals surface area contributed by atoms with Crippen molar-refractivity contribution < 1.29 is 0 Å². The Hall–Kier alpha value is -5.31. The van der Waals surface area contributed by atoms with Gasteiger partial charge < -0.3 is 5.32 Å². The molecule has 0 fully saturated rings. The zero-order valence-electron chi connectivity index (χ0n) is 25.2. The van der Waals surface area contributed by atoms with Crippen molar-refractivity contribution in [3.05, 3.63) is 175 Å². The predicted molar refractivity (Wildman–Crippen MR) is 198 cm³/mol. The molecule has 0 saturated heterocycles. The fourth-order valence-electron chi connectivity index (χ4n) is 7.39. The Kier molecular flexibility index (Phi) is 6.61. The highest BCUT2D eigenvalue weighted by Gasteiger charge is 2.34. The first-order chi connectivity index (χ1) is 22.8. The van der Waals surface area contributed by atoms with Crippen molar-refractivity contribution in [1.82, 2.24) is 0 Å². The van der Waals surface area contributed by atoms with Gasteiger partial charge in [0.25, 0.3) is 0 Å². The van der Waals surface area contributed by atoms with Crippen molar-refractivity contribution in [3.63, 3.8) is 0 Å². The zero-order chi connectivity index (χ0) is 30.5. The first-order valence-corrected chi connectivity index (χ1v) is 16.8. The molecule has 0 spiro atoms. The van der Waals surface area contributed by atoms with Crippen molar-refractivity contribution in [3.8, 4) is 33.4 Å². The Balaban J connectivity index is 1.23.